The fourth-order valence-electron chi connectivity index (χ4n) is 4.72. The number of anilines is 1. The lowest BCUT2D eigenvalue weighted by molar-refractivity contribution is 0.0240. The lowest BCUT2D eigenvalue weighted by Gasteiger charge is -2.37. The van der Waals surface area contributed by atoms with Crippen LogP contribution >= 0.6 is 0 Å². The zero-order chi connectivity index (χ0) is 28.2. The summed E-state index contributed by atoms with van der Waals surface area (Å²) in [5.74, 6) is -0.123. The number of hydrogen-bond donors (Lipinski definition) is 2. The lowest BCUT2D eigenvalue weighted by atomic mass is 9.98. The molecule has 0 bridgehead atoms. The molecule has 206 valence electrons. The number of aryl methyl sites for hydroxylation is 1. The third-order valence-corrected chi connectivity index (χ3v) is 6.94. The molecule has 7 heteroatoms. The highest BCUT2D eigenvalue weighted by atomic mass is 16.6. The number of aliphatic hydroxyl groups is 1. The van der Waals surface area contributed by atoms with E-state index in [4.69, 9.17) is 4.74 Å². The van der Waals surface area contributed by atoms with E-state index in [1.807, 2.05) is 95.3 Å². The van der Waals surface area contributed by atoms with Crippen LogP contribution in [0.5, 0.6) is 0 Å². The highest BCUT2D eigenvalue weighted by Gasteiger charge is 2.26. The standard InChI is InChI=1S/C32H39N3O4/c1-22-12-13-28(34-14-16-35(17-15-34)31(38)39-32(3,4)5)20-29(22)30(37)33-23(2)25-9-7-11-27(19-25)26-10-6-8-24(18-26)21-36/h6-13,18-20,23,36H,14-17,21H2,1-5H3,(H,33,37)/t23-/m1/s1. The molecule has 1 heterocycles. The van der Waals surface area contributed by atoms with E-state index in [1.54, 1.807) is 4.90 Å². The summed E-state index contributed by atoms with van der Waals surface area (Å²) in [6.45, 7) is 12.0. The maximum absolute atomic E-state index is 13.4. The Morgan fingerprint density at radius 3 is 2.28 bits per heavy atom. The first kappa shape index (κ1) is 28.2. The second-order valence-electron chi connectivity index (χ2n) is 11.1. The van der Waals surface area contributed by atoms with Crippen molar-refractivity contribution in [2.45, 2.75) is 52.9 Å². The molecule has 2 amide bonds. The van der Waals surface area contributed by atoms with Gasteiger partial charge in [-0.2, -0.15) is 0 Å². The van der Waals surface area contributed by atoms with Gasteiger partial charge < -0.3 is 25.0 Å². The fourth-order valence-corrected chi connectivity index (χ4v) is 4.72. The van der Waals surface area contributed by atoms with E-state index in [1.165, 1.54) is 0 Å². The first-order chi connectivity index (χ1) is 18.5. The molecule has 1 aliphatic rings. The number of ether oxygens (including phenoxy) is 1. The summed E-state index contributed by atoms with van der Waals surface area (Å²) in [6, 6.07) is 21.7. The minimum Gasteiger partial charge on any atom is -0.444 e. The van der Waals surface area contributed by atoms with Crippen LogP contribution in [0.1, 0.15) is 60.8 Å². The number of amides is 2. The number of nitrogens with zero attached hydrogens (tertiary/aromatic N) is 2. The maximum Gasteiger partial charge on any atom is 0.410 e. The quantitative estimate of drug-likeness (QED) is 0.428. The van der Waals surface area contributed by atoms with E-state index < -0.39 is 5.60 Å². The van der Waals surface area contributed by atoms with E-state index >= 15 is 0 Å². The average Bonchev–Trinajstić information content (AvgIpc) is 2.92. The predicted octanol–water partition coefficient (Wildman–Crippen LogP) is 5.70. The van der Waals surface area contributed by atoms with Crippen LogP contribution in [0.15, 0.2) is 66.7 Å². The number of carbonyl (C=O) groups is 2. The molecule has 3 aromatic carbocycles. The van der Waals surface area contributed by atoms with Crippen LogP contribution in [-0.4, -0.2) is 53.8 Å². The number of benzene rings is 3. The first-order valence-electron chi connectivity index (χ1n) is 13.5. The molecule has 39 heavy (non-hydrogen) atoms. The van der Waals surface area contributed by atoms with Crippen molar-refractivity contribution < 1.29 is 19.4 Å². The molecule has 0 aliphatic carbocycles. The number of piperazine rings is 1. The van der Waals surface area contributed by atoms with Gasteiger partial charge in [-0.1, -0.05) is 42.5 Å². The summed E-state index contributed by atoms with van der Waals surface area (Å²) in [7, 11) is 0. The molecule has 4 rings (SSSR count). The Kier molecular flexibility index (Phi) is 8.60. The normalized spacial score (nSPS) is 14.6. The smallest absolute Gasteiger partial charge is 0.410 e. The monoisotopic (exact) mass is 529 g/mol. The molecule has 1 saturated heterocycles. The average molecular weight is 530 g/mol. The van der Waals surface area contributed by atoms with Crippen molar-refractivity contribution in [3.8, 4) is 11.1 Å². The van der Waals surface area contributed by atoms with Crippen molar-refractivity contribution in [1.82, 2.24) is 10.2 Å². The zero-order valence-electron chi connectivity index (χ0n) is 23.5. The SMILES string of the molecule is Cc1ccc(N2CCN(C(=O)OC(C)(C)C)CC2)cc1C(=O)N[C@H](C)c1cccc(-c2cccc(CO)c2)c1. The van der Waals surface area contributed by atoms with Gasteiger partial charge in [0, 0.05) is 37.4 Å². The summed E-state index contributed by atoms with van der Waals surface area (Å²) >= 11 is 0. The van der Waals surface area contributed by atoms with Crippen molar-refractivity contribution in [3.63, 3.8) is 0 Å². The van der Waals surface area contributed by atoms with Crippen molar-refractivity contribution in [2.24, 2.45) is 0 Å². The van der Waals surface area contributed by atoms with E-state index in [0.717, 1.165) is 33.5 Å². The fraction of sp³-hybridized carbons (Fsp3) is 0.375. The summed E-state index contributed by atoms with van der Waals surface area (Å²) < 4.78 is 5.51. The van der Waals surface area contributed by atoms with Crippen LogP contribution in [-0.2, 0) is 11.3 Å². The van der Waals surface area contributed by atoms with Gasteiger partial charge in [-0.25, -0.2) is 4.79 Å². The van der Waals surface area contributed by atoms with Crippen LogP contribution in [0.25, 0.3) is 11.1 Å². The minimum absolute atomic E-state index is 0.00215. The zero-order valence-corrected chi connectivity index (χ0v) is 23.5. The van der Waals surface area contributed by atoms with Crippen LogP contribution in [0.2, 0.25) is 0 Å². The summed E-state index contributed by atoms with van der Waals surface area (Å²) in [6.07, 6.45) is -0.287. The highest BCUT2D eigenvalue weighted by molar-refractivity contribution is 5.97. The van der Waals surface area contributed by atoms with Crippen molar-refractivity contribution in [2.75, 3.05) is 31.1 Å². The molecule has 0 aromatic heterocycles. The van der Waals surface area contributed by atoms with Gasteiger partial charge in [-0.15, -0.1) is 0 Å². The Hall–Kier alpha value is -3.84. The molecule has 0 saturated carbocycles. The van der Waals surface area contributed by atoms with Crippen LogP contribution in [0, 0.1) is 6.92 Å². The molecule has 0 unspecified atom stereocenters. The van der Waals surface area contributed by atoms with Gasteiger partial charge in [0.25, 0.3) is 5.91 Å². The van der Waals surface area contributed by atoms with Crippen molar-refractivity contribution in [3.05, 3.63) is 89.0 Å². The largest absolute Gasteiger partial charge is 0.444 e. The van der Waals surface area contributed by atoms with Gasteiger partial charge in [0.15, 0.2) is 0 Å². The number of aliphatic hydroxyl groups excluding tert-OH is 1. The van der Waals surface area contributed by atoms with E-state index in [-0.39, 0.29) is 24.6 Å². The summed E-state index contributed by atoms with van der Waals surface area (Å²) in [5.41, 5.74) is 5.92. The van der Waals surface area contributed by atoms with E-state index in [0.29, 0.717) is 31.7 Å². The molecule has 0 radical (unpaired) electrons. The Labute approximate surface area is 231 Å². The highest BCUT2D eigenvalue weighted by Crippen LogP contribution is 2.26. The van der Waals surface area contributed by atoms with E-state index in [2.05, 4.69) is 16.3 Å². The van der Waals surface area contributed by atoms with Crippen molar-refractivity contribution in [1.29, 1.82) is 0 Å². The van der Waals surface area contributed by atoms with Crippen LogP contribution in [0.4, 0.5) is 10.5 Å². The van der Waals surface area contributed by atoms with Crippen LogP contribution < -0.4 is 10.2 Å². The molecule has 7 nitrogen and oxygen atoms in total. The minimum atomic E-state index is -0.517. The molecule has 1 fully saturated rings. The summed E-state index contributed by atoms with van der Waals surface area (Å²) in [5, 5.41) is 12.6. The molecular weight excluding hydrogens is 490 g/mol. The first-order valence-corrected chi connectivity index (χ1v) is 13.5. The Balaban J connectivity index is 1.43. The Morgan fingerprint density at radius 1 is 0.949 bits per heavy atom. The van der Waals surface area contributed by atoms with Gasteiger partial charge >= 0.3 is 6.09 Å². The third kappa shape index (κ3) is 7.18. The van der Waals surface area contributed by atoms with E-state index in [9.17, 15) is 14.7 Å². The summed E-state index contributed by atoms with van der Waals surface area (Å²) in [4.78, 5) is 29.7. The van der Waals surface area contributed by atoms with Gasteiger partial charge in [-0.05, 0) is 86.7 Å². The predicted molar refractivity (Wildman–Crippen MR) is 155 cm³/mol. The molecule has 2 N–H and O–H groups in total. The number of rotatable bonds is 6. The molecular formula is C32H39N3O4. The van der Waals surface area contributed by atoms with Crippen molar-refractivity contribution >= 4 is 17.7 Å². The molecule has 3 aromatic rings. The van der Waals surface area contributed by atoms with Gasteiger partial charge in [0.05, 0.1) is 12.6 Å². The Bertz CT molecular complexity index is 1320. The van der Waals surface area contributed by atoms with Gasteiger partial charge in [0.2, 0.25) is 0 Å². The second kappa shape index (κ2) is 11.9. The molecule has 0 spiro atoms. The molecule has 1 aliphatic heterocycles. The Morgan fingerprint density at radius 2 is 1.62 bits per heavy atom. The maximum atomic E-state index is 13.4. The third-order valence-electron chi connectivity index (χ3n) is 6.94. The number of hydrogen-bond acceptors (Lipinski definition) is 5. The van der Waals surface area contributed by atoms with Gasteiger partial charge in [-0.3, -0.25) is 4.79 Å². The second-order valence-corrected chi connectivity index (χ2v) is 11.1. The molecule has 1 atom stereocenters. The van der Waals surface area contributed by atoms with Crippen LogP contribution in [0.3, 0.4) is 0 Å². The lowest BCUT2D eigenvalue weighted by Crippen LogP contribution is -2.50. The number of nitrogens with one attached hydrogen (secondary N) is 1. The number of carbonyl (C=O) groups excluding carboxylic acids is 2. The topological polar surface area (TPSA) is 82.1 Å². The van der Waals surface area contributed by atoms with Gasteiger partial charge in [0.1, 0.15) is 5.60 Å².